The highest BCUT2D eigenvalue weighted by Gasteiger charge is 2.26. The van der Waals surface area contributed by atoms with Crippen LogP contribution in [0.5, 0.6) is 0 Å². The summed E-state index contributed by atoms with van der Waals surface area (Å²) in [6.45, 7) is 12.5. The van der Waals surface area contributed by atoms with E-state index in [-0.39, 0.29) is 11.2 Å². The lowest BCUT2D eigenvalue weighted by atomic mass is 10.00. The first kappa shape index (κ1) is 24.1. The van der Waals surface area contributed by atoms with Crippen LogP contribution in [-0.2, 0) is 13.6 Å². The first-order chi connectivity index (χ1) is 11.2. The van der Waals surface area contributed by atoms with Crippen LogP contribution in [-0.4, -0.2) is 11.2 Å². The minimum atomic E-state index is -2.45. The third-order valence-corrected chi connectivity index (χ3v) is 5.92. The second-order valence-electron chi connectivity index (χ2n) is 8.30. The Hall–Kier alpha value is 0.150. The highest BCUT2D eigenvalue weighted by Crippen LogP contribution is 2.39. The molecule has 0 N–H and O–H groups in total. The second kappa shape index (κ2) is 13.4. The van der Waals surface area contributed by atoms with E-state index in [2.05, 4.69) is 13.8 Å². The van der Waals surface area contributed by atoms with Gasteiger partial charge in [-0.25, -0.2) is 0 Å². The minimum Gasteiger partial charge on any atom is -0.305 e. The van der Waals surface area contributed by atoms with E-state index in [0.29, 0.717) is 0 Å². The second-order valence-corrected chi connectivity index (χ2v) is 9.21. The molecule has 0 unspecified atom stereocenters. The normalized spacial score (nSPS) is 13.0. The molecule has 4 heteroatoms. The molecule has 0 rings (SSSR count). The van der Waals surface area contributed by atoms with Gasteiger partial charge in [-0.1, -0.05) is 78.1 Å². The van der Waals surface area contributed by atoms with Crippen molar-refractivity contribution in [3.8, 4) is 0 Å². The summed E-state index contributed by atoms with van der Waals surface area (Å²) >= 11 is 0. The Labute approximate surface area is 152 Å². The lowest BCUT2D eigenvalue weighted by Gasteiger charge is -2.29. The average Bonchev–Trinajstić information content (AvgIpc) is 2.45. The molecular formula is C20H43O3P. The van der Waals surface area contributed by atoms with E-state index < -0.39 is 8.25 Å². The molecule has 0 aliphatic heterocycles. The van der Waals surface area contributed by atoms with Crippen LogP contribution < -0.4 is 0 Å². The topological polar surface area (TPSA) is 35.5 Å². The Morgan fingerprint density at radius 1 is 0.625 bits per heavy atom. The van der Waals surface area contributed by atoms with Gasteiger partial charge in [-0.3, -0.25) is 4.57 Å². The van der Waals surface area contributed by atoms with Crippen LogP contribution in [0, 0.1) is 0 Å². The summed E-state index contributed by atoms with van der Waals surface area (Å²) < 4.78 is 23.8. The Bertz CT molecular complexity index is 297. The van der Waals surface area contributed by atoms with Gasteiger partial charge < -0.3 is 9.05 Å². The molecule has 0 aromatic carbocycles. The van der Waals surface area contributed by atoms with Crippen LogP contribution in [0.2, 0.25) is 0 Å². The van der Waals surface area contributed by atoms with Crippen LogP contribution >= 0.6 is 8.25 Å². The van der Waals surface area contributed by atoms with Gasteiger partial charge in [-0.15, -0.1) is 0 Å². The summed E-state index contributed by atoms with van der Waals surface area (Å²) in [4.78, 5) is 0. The largest absolute Gasteiger partial charge is 0.320 e. The standard InChI is InChI=1S/C20H43O3P/c1-7-9-11-13-15-17-19(3,4)22-24(21)23-20(5,6)18-16-14-12-10-8-2/h24H,7-18H2,1-6H3. The van der Waals surface area contributed by atoms with Gasteiger partial charge in [0.1, 0.15) is 0 Å². The molecule has 0 aromatic heterocycles. The quantitative estimate of drug-likeness (QED) is 0.208. The van der Waals surface area contributed by atoms with Crippen molar-refractivity contribution >= 4 is 8.25 Å². The molecule has 24 heavy (non-hydrogen) atoms. The van der Waals surface area contributed by atoms with Crippen LogP contribution in [0.4, 0.5) is 0 Å². The van der Waals surface area contributed by atoms with Gasteiger partial charge in [-0.2, -0.15) is 0 Å². The van der Waals surface area contributed by atoms with Crippen molar-refractivity contribution in [3.05, 3.63) is 0 Å². The molecule has 146 valence electrons. The maximum absolute atomic E-state index is 12.3. The fraction of sp³-hybridized carbons (Fsp3) is 1.00. The summed E-state index contributed by atoms with van der Waals surface area (Å²) in [7, 11) is -2.45. The molecule has 0 amide bonds. The highest BCUT2D eigenvalue weighted by atomic mass is 31.1. The van der Waals surface area contributed by atoms with Gasteiger partial charge in [0, 0.05) is 0 Å². The molecule has 0 spiro atoms. The molecule has 0 atom stereocenters. The zero-order chi connectivity index (χ0) is 18.5. The van der Waals surface area contributed by atoms with Crippen molar-refractivity contribution < 1.29 is 13.6 Å². The fourth-order valence-corrected chi connectivity index (χ4v) is 4.03. The molecule has 3 nitrogen and oxygen atoms in total. The van der Waals surface area contributed by atoms with Gasteiger partial charge in [0.05, 0.1) is 11.2 Å². The zero-order valence-electron chi connectivity index (χ0n) is 17.2. The molecule has 0 radical (unpaired) electrons. The molecule has 0 saturated heterocycles. The van der Waals surface area contributed by atoms with Gasteiger partial charge in [0.25, 0.3) is 0 Å². The van der Waals surface area contributed by atoms with E-state index in [9.17, 15) is 4.57 Å². The van der Waals surface area contributed by atoms with Crippen LogP contribution in [0.1, 0.15) is 119 Å². The van der Waals surface area contributed by atoms with Crippen LogP contribution in [0.25, 0.3) is 0 Å². The zero-order valence-corrected chi connectivity index (χ0v) is 18.2. The van der Waals surface area contributed by atoms with E-state index in [1.54, 1.807) is 0 Å². The Morgan fingerprint density at radius 2 is 0.958 bits per heavy atom. The number of hydrogen-bond acceptors (Lipinski definition) is 3. The molecule has 0 aliphatic rings. The predicted molar refractivity (Wildman–Crippen MR) is 106 cm³/mol. The Morgan fingerprint density at radius 3 is 1.29 bits per heavy atom. The smallest absolute Gasteiger partial charge is 0.305 e. The van der Waals surface area contributed by atoms with E-state index in [1.807, 2.05) is 27.7 Å². The van der Waals surface area contributed by atoms with Gasteiger partial charge in [0.15, 0.2) is 0 Å². The maximum Gasteiger partial charge on any atom is 0.320 e. The lowest BCUT2D eigenvalue weighted by molar-refractivity contribution is 0.0350. The fourth-order valence-electron chi connectivity index (χ4n) is 2.88. The van der Waals surface area contributed by atoms with Crippen LogP contribution in [0.3, 0.4) is 0 Å². The average molecular weight is 363 g/mol. The third kappa shape index (κ3) is 14.5. The number of rotatable bonds is 16. The molecule has 0 aromatic rings. The summed E-state index contributed by atoms with van der Waals surface area (Å²) in [5.41, 5.74) is -0.723. The highest BCUT2D eigenvalue weighted by molar-refractivity contribution is 7.33. The summed E-state index contributed by atoms with van der Waals surface area (Å²) in [6.07, 6.45) is 14.3. The molecule has 0 saturated carbocycles. The summed E-state index contributed by atoms with van der Waals surface area (Å²) in [5.74, 6) is 0. The lowest BCUT2D eigenvalue weighted by Crippen LogP contribution is -2.25. The van der Waals surface area contributed by atoms with Gasteiger partial charge in [-0.05, 0) is 40.5 Å². The number of hydrogen-bond donors (Lipinski definition) is 0. The maximum atomic E-state index is 12.3. The van der Waals surface area contributed by atoms with Crippen LogP contribution in [0.15, 0.2) is 0 Å². The molecule has 0 aliphatic carbocycles. The van der Waals surface area contributed by atoms with E-state index >= 15 is 0 Å². The van der Waals surface area contributed by atoms with Gasteiger partial charge >= 0.3 is 8.25 Å². The van der Waals surface area contributed by atoms with Crippen molar-refractivity contribution in [1.82, 2.24) is 0 Å². The van der Waals surface area contributed by atoms with Crippen molar-refractivity contribution in [2.75, 3.05) is 0 Å². The van der Waals surface area contributed by atoms with Crippen molar-refractivity contribution in [2.45, 2.75) is 130 Å². The van der Waals surface area contributed by atoms with Crippen molar-refractivity contribution in [3.63, 3.8) is 0 Å². The monoisotopic (exact) mass is 362 g/mol. The van der Waals surface area contributed by atoms with Gasteiger partial charge in [0.2, 0.25) is 0 Å². The summed E-state index contributed by atoms with van der Waals surface area (Å²) in [6, 6.07) is 0. The first-order valence-electron chi connectivity index (χ1n) is 10.1. The molecule has 0 heterocycles. The van der Waals surface area contributed by atoms with Crippen molar-refractivity contribution in [1.29, 1.82) is 0 Å². The minimum absolute atomic E-state index is 0.362. The molecular weight excluding hydrogens is 319 g/mol. The van der Waals surface area contributed by atoms with Crippen molar-refractivity contribution in [2.24, 2.45) is 0 Å². The Balaban J connectivity index is 4.01. The summed E-state index contributed by atoms with van der Waals surface area (Å²) in [5, 5.41) is 0. The first-order valence-corrected chi connectivity index (χ1v) is 11.4. The predicted octanol–water partition coefficient (Wildman–Crippen LogP) is 7.69. The number of unbranched alkanes of at least 4 members (excludes halogenated alkanes) is 8. The SMILES string of the molecule is CCCCCCCC(C)(C)O[PH](=O)OC(C)(C)CCCCCCC. The van der Waals surface area contributed by atoms with E-state index in [4.69, 9.17) is 9.05 Å². The molecule has 0 fully saturated rings. The van der Waals surface area contributed by atoms with E-state index in [0.717, 1.165) is 25.7 Å². The molecule has 0 bridgehead atoms. The van der Waals surface area contributed by atoms with E-state index in [1.165, 1.54) is 51.4 Å². The third-order valence-electron chi connectivity index (χ3n) is 4.48. The Kier molecular flexibility index (Phi) is 13.5.